The molecule has 2 aromatic heterocycles. The Labute approximate surface area is 140 Å². The second-order valence-corrected chi connectivity index (χ2v) is 7.81. The highest BCUT2D eigenvalue weighted by molar-refractivity contribution is 7.90. The third-order valence-corrected chi connectivity index (χ3v) is 5.24. The van der Waals surface area contributed by atoms with Gasteiger partial charge in [-0.25, -0.2) is 18.4 Å². The van der Waals surface area contributed by atoms with E-state index in [-0.39, 0.29) is 18.1 Å². The fraction of sp³-hybridized carbons (Fsp3) is 0.312. The first-order valence-corrected chi connectivity index (χ1v) is 9.41. The lowest BCUT2D eigenvalue weighted by molar-refractivity contribution is 0.595. The number of nitrogens with one attached hydrogen (secondary N) is 1. The zero-order valence-electron chi connectivity index (χ0n) is 13.6. The number of benzene rings is 1. The van der Waals surface area contributed by atoms with E-state index in [9.17, 15) is 8.42 Å². The highest BCUT2D eigenvalue weighted by atomic mass is 32.2. The first-order chi connectivity index (χ1) is 11.4. The molecule has 0 bridgehead atoms. The molecule has 3 rings (SSSR count). The zero-order valence-corrected chi connectivity index (χ0v) is 14.4. The van der Waals surface area contributed by atoms with Gasteiger partial charge in [0, 0.05) is 13.6 Å². The summed E-state index contributed by atoms with van der Waals surface area (Å²) in [5.74, 6) is 1.30. The van der Waals surface area contributed by atoms with Gasteiger partial charge in [0.25, 0.3) is 0 Å². The van der Waals surface area contributed by atoms with Crippen LogP contribution >= 0.6 is 0 Å². The third kappa shape index (κ3) is 3.70. The molecule has 0 aliphatic carbocycles. The van der Waals surface area contributed by atoms with E-state index >= 15 is 0 Å². The predicted molar refractivity (Wildman–Crippen MR) is 93.5 cm³/mol. The largest absolute Gasteiger partial charge is 0.368 e. The fourth-order valence-electron chi connectivity index (χ4n) is 2.49. The van der Waals surface area contributed by atoms with Gasteiger partial charge in [0.15, 0.2) is 15.5 Å². The van der Waals surface area contributed by atoms with Crippen LogP contribution in [-0.2, 0) is 22.6 Å². The molecule has 8 heteroatoms. The standard InChI is InChI=1S/C16H19N5O2S/c1-12-19-15(14-10-18-21(2)16(14)20-12)17-8-9-24(22,23)11-13-6-4-3-5-7-13/h3-7,10H,8-9,11H2,1-2H3,(H,17,19,20). The monoisotopic (exact) mass is 345 g/mol. The molecule has 0 spiro atoms. The molecule has 24 heavy (non-hydrogen) atoms. The van der Waals surface area contributed by atoms with Crippen molar-refractivity contribution in [1.82, 2.24) is 19.7 Å². The summed E-state index contributed by atoms with van der Waals surface area (Å²) in [5.41, 5.74) is 1.52. The molecule has 3 aromatic rings. The average Bonchev–Trinajstić information content (AvgIpc) is 2.89. The molecule has 1 N–H and O–H groups in total. The summed E-state index contributed by atoms with van der Waals surface area (Å²) in [6.07, 6.45) is 1.68. The van der Waals surface area contributed by atoms with Crippen molar-refractivity contribution < 1.29 is 8.42 Å². The van der Waals surface area contributed by atoms with Gasteiger partial charge in [-0.1, -0.05) is 30.3 Å². The van der Waals surface area contributed by atoms with E-state index in [2.05, 4.69) is 20.4 Å². The molecule has 7 nitrogen and oxygen atoms in total. The number of hydrogen-bond acceptors (Lipinski definition) is 6. The van der Waals surface area contributed by atoms with Crippen LogP contribution in [0.15, 0.2) is 36.5 Å². The maximum Gasteiger partial charge on any atom is 0.163 e. The summed E-state index contributed by atoms with van der Waals surface area (Å²) >= 11 is 0. The van der Waals surface area contributed by atoms with Crippen LogP contribution in [0.2, 0.25) is 0 Å². The number of fused-ring (bicyclic) bond motifs is 1. The highest BCUT2D eigenvalue weighted by Crippen LogP contribution is 2.19. The Morgan fingerprint density at radius 3 is 2.67 bits per heavy atom. The van der Waals surface area contributed by atoms with Crippen LogP contribution in [0.25, 0.3) is 11.0 Å². The number of anilines is 1. The van der Waals surface area contributed by atoms with Crippen molar-refractivity contribution >= 4 is 26.7 Å². The molecule has 0 unspecified atom stereocenters. The lowest BCUT2D eigenvalue weighted by Gasteiger charge is -2.08. The average molecular weight is 345 g/mol. The summed E-state index contributed by atoms with van der Waals surface area (Å²) in [6.45, 7) is 2.08. The summed E-state index contributed by atoms with van der Waals surface area (Å²) in [4.78, 5) is 8.69. The Hall–Kier alpha value is -2.48. The molecule has 2 heterocycles. The van der Waals surface area contributed by atoms with Gasteiger partial charge in [0.05, 0.1) is 23.1 Å². The van der Waals surface area contributed by atoms with Gasteiger partial charge >= 0.3 is 0 Å². The fourth-order valence-corrected chi connectivity index (χ4v) is 3.75. The maximum atomic E-state index is 12.2. The van der Waals surface area contributed by atoms with E-state index in [1.807, 2.05) is 37.4 Å². The van der Waals surface area contributed by atoms with E-state index in [1.54, 1.807) is 17.8 Å². The summed E-state index contributed by atoms with van der Waals surface area (Å²) in [7, 11) is -1.38. The lowest BCUT2D eigenvalue weighted by atomic mass is 10.2. The third-order valence-electron chi connectivity index (χ3n) is 3.64. The molecule has 0 fully saturated rings. The van der Waals surface area contributed by atoms with Crippen molar-refractivity contribution in [3.63, 3.8) is 0 Å². The van der Waals surface area contributed by atoms with Gasteiger partial charge in [-0.05, 0) is 12.5 Å². The van der Waals surface area contributed by atoms with Crippen LogP contribution in [0.4, 0.5) is 5.82 Å². The van der Waals surface area contributed by atoms with Crippen molar-refractivity contribution in [3.05, 3.63) is 47.9 Å². The Kier molecular flexibility index (Phi) is 4.48. The molecule has 0 amide bonds. The number of aromatic nitrogens is 4. The van der Waals surface area contributed by atoms with Gasteiger partial charge in [0.1, 0.15) is 11.6 Å². The van der Waals surface area contributed by atoms with Crippen molar-refractivity contribution in [3.8, 4) is 0 Å². The summed E-state index contributed by atoms with van der Waals surface area (Å²) in [5, 5.41) is 8.05. The smallest absolute Gasteiger partial charge is 0.163 e. The molecule has 1 aromatic carbocycles. The molecule has 0 aliphatic heterocycles. The molecule has 0 radical (unpaired) electrons. The second-order valence-electron chi connectivity index (χ2n) is 5.63. The summed E-state index contributed by atoms with van der Waals surface area (Å²) in [6, 6.07) is 9.18. The SMILES string of the molecule is Cc1nc(NCCS(=O)(=O)Cc2ccccc2)c2cnn(C)c2n1. The number of nitrogens with zero attached hydrogens (tertiary/aromatic N) is 4. The van der Waals surface area contributed by atoms with E-state index in [0.29, 0.717) is 11.6 Å². The van der Waals surface area contributed by atoms with Crippen molar-refractivity contribution in [1.29, 1.82) is 0 Å². The van der Waals surface area contributed by atoms with Crippen molar-refractivity contribution in [2.45, 2.75) is 12.7 Å². The van der Waals surface area contributed by atoms with Crippen LogP contribution in [0.5, 0.6) is 0 Å². The van der Waals surface area contributed by atoms with Gasteiger partial charge in [-0.3, -0.25) is 4.68 Å². The predicted octanol–water partition coefficient (Wildman–Crippen LogP) is 1.70. The van der Waals surface area contributed by atoms with Gasteiger partial charge < -0.3 is 5.32 Å². The van der Waals surface area contributed by atoms with E-state index in [4.69, 9.17) is 0 Å². The normalized spacial score (nSPS) is 11.8. The van der Waals surface area contributed by atoms with Crippen LogP contribution in [0.1, 0.15) is 11.4 Å². The highest BCUT2D eigenvalue weighted by Gasteiger charge is 2.14. The van der Waals surface area contributed by atoms with Crippen LogP contribution < -0.4 is 5.32 Å². The topological polar surface area (TPSA) is 89.8 Å². The first kappa shape index (κ1) is 16.4. The minimum Gasteiger partial charge on any atom is -0.368 e. The van der Waals surface area contributed by atoms with Crippen molar-refractivity contribution in [2.75, 3.05) is 17.6 Å². The zero-order chi connectivity index (χ0) is 17.2. The minimum absolute atomic E-state index is 0.0344. The summed E-state index contributed by atoms with van der Waals surface area (Å²) < 4.78 is 26.1. The quantitative estimate of drug-likeness (QED) is 0.731. The maximum absolute atomic E-state index is 12.2. The lowest BCUT2D eigenvalue weighted by Crippen LogP contribution is -2.18. The van der Waals surface area contributed by atoms with Gasteiger partial charge in [-0.2, -0.15) is 5.10 Å². The Morgan fingerprint density at radius 2 is 1.92 bits per heavy atom. The van der Waals surface area contributed by atoms with Crippen LogP contribution in [0, 0.1) is 6.92 Å². The molecular formula is C16H19N5O2S. The molecule has 0 saturated carbocycles. The molecule has 0 aliphatic rings. The molecule has 0 atom stereocenters. The second kappa shape index (κ2) is 6.56. The van der Waals surface area contributed by atoms with E-state index < -0.39 is 9.84 Å². The van der Waals surface area contributed by atoms with Crippen LogP contribution in [-0.4, -0.2) is 40.5 Å². The molecule has 126 valence electrons. The Balaban J connectivity index is 1.68. The van der Waals surface area contributed by atoms with Gasteiger partial charge in [0.2, 0.25) is 0 Å². The van der Waals surface area contributed by atoms with Crippen molar-refractivity contribution in [2.24, 2.45) is 7.05 Å². The number of aryl methyl sites for hydroxylation is 2. The van der Waals surface area contributed by atoms with E-state index in [1.165, 1.54) is 0 Å². The van der Waals surface area contributed by atoms with Crippen LogP contribution in [0.3, 0.4) is 0 Å². The molecule has 0 saturated heterocycles. The first-order valence-electron chi connectivity index (χ1n) is 7.59. The Morgan fingerprint density at radius 1 is 1.17 bits per heavy atom. The van der Waals surface area contributed by atoms with E-state index in [0.717, 1.165) is 16.6 Å². The minimum atomic E-state index is -3.19. The number of sulfone groups is 1. The Bertz CT molecular complexity index is 951. The number of rotatable bonds is 6. The number of hydrogen-bond donors (Lipinski definition) is 1. The van der Waals surface area contributed by atoms with Gasteiger partial charge in [-0.15, -0.1) is 0 Å². The molecular weight excluding hydrogens is 326 g/mol.